The van der Waals surface area contributed by atoms with E-state index in [1.54, 1.807) is 13.2 Å². The molecule has 0 radical (unpaired) electrons. The second-order valence-electron chi connectivity index (χ2n) is 4.57. The lowest BCUT2D eigenvalue weighted by Crippen LogP contribution is -2.45. The second-order valence-corrected chi connectivity index (χ2v) is 4.95. The zero-order valence-corrected chi connectivity index (χ0v) is 12.0. The van der Waals surface area contributed by atoms with Crippen molar-refractivity contribution in [1.29, 1.82) is 0 Å². The Morgan fingerprint density at radius 3 is 3.16 bits per heavy atom. The number of morpholine rings is 1. The minimum absolute atomic E-state index is 0.105. The van der Waals surface area contributed by atoms with E-state index in [1.165, 1.54) is 4.68 Å². The van der Waals surface area contributed by atoms with Gasteiger partial charge >= 0.3 is 0 Å². The molecule has 1 aliphatic rings. The lowest BCUT2D eigenvalue weighted by atomic mass is 10.2. The van der Waals surface area contributed by atoms with Crippen LogP contribution in [0.1, 0.15) is 6.92 Å². The van der Waals surface area contributed by atoms with Gasteiger partial charge in [0.25, 0.3) is 5.56 Å². The molecule has 1 unspecified atom stereocenters. The lowest BCUT2D eigenvalue weighted by Gasteiger charge is -2.32. The van der Waals surface area contributed by atoms with E-state index in [2.05, 4.69) is 22.2 Å². The van der Waals surface area contributed by atoms with Gasteiger partial charge in [0, 0.05) is 26.7 Å². The predicted octanol–water partition coefficient (Wildman–Crippen LogP) is 0.566. The average Bonchev–Trinajstić information content (AvgIpc) is 2.44. The van der Waals surface area contributed by atoms with Crippen molar-refractivity contribution in [2.75, 3.05) is 38.1 Å². The monoisotopic (exact) mass is 286 g/mol. The minimum atomic E-state index is -0.300. The Bertz CT molecular complexity index is 491. The Morgan fingerprint density at radius 2 is 2.42 bits per heavy atom. The van der Waals surface area contributed by atoms with Crippen molar-refractivity contribution in [2.24, 2.45) is 7.05 Å². The molecular formula is C12H19ClN4O2. The maximum absolute atomic E-state index is 11.6. The van der Waals surface area contributed by atoms with Crippen molar-refractivity contribution in [3.8, 4) is 0 Å². The van der Waals surface area contributed by atoms with Gasteiger partial charge in [-0.3, -0.25) is 9.69 Å². The predicted molar refractivity (Wildman–Crippen MR) is 74.8 cm³/mol. The number of hydrogen-bond donors (Lipinski definition) is 1. The summed E-state index contributed by atoms with van der Waals surface area (Å²) in [5.41, 5.74) is 0.258. The molecule has 1 aromatic heterocycles. The maximum Gasteiger partial charge on any atom is 0.287 e. The summed E-state index contributed by atoms with van der Waals surface area (Å²) in [5, 5.41) is 7.24. The first-order chi connectivity index (χ1) is 9.11. The van der Waals surface area contributed by atoms with E-state index in [-0.39, 0.29) is 16.7 Å². The van der Waals surface area contributed by atoms with Crippen LogP contribution in [0, 0.1) is 0 Å². The van der Waals surface area contributed by atoms with Crippen molar-refractivity contribution in [1.82, 2.24) is 14.7 Å². The number of likely N-dealkylation sites (N-methyl/N-ethyl adjacent to an activating group) is 1. The molecular weight excluding hydrogens is 268 g/mol. The lowest BCUT2D eigenvalue weighted by molar-refractivity contribution is -0.0191. The van der Waals surface area contributed by atoms with Gasteiger partial charge in [0.05, 0.1) is 24.6 Å². The van der Waals surface area contributed by atoms with Gasteiger partial charge in [-0.05, 0) is 6.54 Å². The molecule has 1 saturated heterocycles. The van der Waals surface area contributed by atoms with E-state index in [1.807, 2.05) is 0 Å². The van der Waals surface area contributed by atoms with Gasteiger partial charge in [0.1, 0.15) is 5.02 Å². The standard InChI is InChI=1S/C12H19ClN4O2/c1-3-17-4-5-19-9(8-17)6-14-10-7-15-16(2)12(18)11(10)13/h7,9,14H,3-6,8H2,1-2H3. The molecule has 0 saturated carbocycles. The van der Waals surface area contributed by atoms with Crippen LogP contribution in [0.15, 0.2) is 11.0 Å². The fourth-order valence-corrected chi connectivity index (χ4v) is 2.29. The first kappa shape index (κ1) is 14.3. The van der Waals surface area contributed by atoms with Crippen LogP contribution in [-0.2, 0) is 11.8 Å². The fourth-order valence-electron chi connectivity index (χ4n) is 2.05. The highest BCUT2D eigenvalue weighted by atomic mass is 35.5. The third-order valence-electron chi connectivity index (χ3n) is 3.27. The Labute approximate surface area is 117 Å². The van der Waals surface area contributed by atoms with Crippen molar-refractivity contribution >= 4 is 17.3 Å². The van der Waals surface area contributed by atoms with Crippen LogP contribution in [-0.4, -0.2) is 53.6 Å². The number of aromatic nitrogens is 2. The van der Waals surface area contributed by atoms with Crippen LogP contribution in [0.5, 0.6) is 0 Å². The van der Waals surface area contributed by atoms with Crippen LogP contribution >= 0.6 is 11.6 Å². The van der Waals surface area contributed by atoms with E-state index in [0.717, 1.165) is 26.2 Å². The number of hydrogen-bond acceptors (Lipinski definition) is 5. The maximum atomic E-state index is 11.6. The van der Waals surface area contributed by atoms with E-state index in [4.69, 9.17) is 16.3 Å². The molecule has 0 bridgehead atoms. The fraction of sp³-hybridized carbons (Fsp3) is 0.667. The van der Waals surface area contributed by atoms with E-state index in [9.17, 15) is 4.79 Å². The SMILES string of the molecule is CCN1CCOC(CNc2cnn(C)c(=O)c2Cl)C1. The Kier molecular flexibility index (Phi) is 4.79. The molecule has 1 N–H and O–H groups in total. The number of nitrogens with zero attached hydrogens (tertiary/aromatic N) is 3. The zero-order chi connectivity index (χ0) is 13.8. The Morgan fingerprint density at radius 1 is 1.63 bits per heavy atom. The molecule has 0 aromatic carbocycles. The molecule has 1 aliphatic heterocycles. The van der Waals surface area contributed by atoms with Crippen molar-refractivity contribution in [2.45, 2.75) is 13.0 Å². The molecule has 7 heteroatoms. The molecule has 1 fully saturated rings. The summed E-state index contributed by atoms with van der Waals surface area (Å²) >= 11 is 5.99. The summed E-state index contributed by atoms with van der Waals surface area (Å²) < 4.78 is 6.89. The van der Waals surface area contributed by atoms with Crippen molar-refractivity contribution < 1.29 is 4.74 Å². The molecule has 1 atom stereocenters. The number of anilines is 1. The molecule has 2 rings (SSSR count). The van der Waals surface area contributed by atoms with Gasteiger partial charge in [-0.2, -0.15) is 5.10 Å². The van der Waals surface area contributed by atoms with Gasteiger partial charge in [0.15, 0.2) is 0 Å². The largest absolute Gasteiger partial charge is 0.380 e. The third kappa shape index (κ3) is 3.46. The molecule has 0 amide bonds. The molecule has 19 heavy (non-hydrogen) atoms. The highest BCUT2D eigenvalue weighted by Gasteiger charge is 2.19. The minimum Gasteiger partial charge on any atom is -0.380 e. The summed E-state index contributed by atoms with van der Waals surface area (Å²) in [5.74, 6) is 0. The van der Waals surface area contributed by atoms with Gasteiger partial charge in [-0.1, -0.05) is 18.5 Å². The van der Waals surface area contributed by atoms with Gasteiger partial charge in [-0.25, -0.2) is 4.68 Å². The highest BCUT2D eigenvalue weighted by molar-refractivity contribution is 6.32. The molecule has 106 valence electrons. The Hall–Kier alpha value is -1.11. The van der Waals surface area contributed by atoms with Crippen LogP contribution < -0.4 is 10.9 Å². The Balaban J connectivity index is 1.95. The van der Waals surface area contributed by atoms with E-state index in [0.29, 0.717) is 12.2 Å². The average molecular weight is 287 g/mol. The summed E-state index contributed by atoms with van der Waals surface area (Å²) in [6.07, 6.45) is 1.67. The van der Waals surface area contributed by atoms with Gasteiger partial charge in [-0.15, -0.1) is 0 Å². The third-order valence-corrected chi connectivity index (χ3v) is 3.63. The molecule has 0 spiro atoms. The normalized spacial score (nSPS) is 20.5. The molecule has 6 nitrogen and oxygen atoms in total. The van der Waals surface area contributed by atoms with Crippen molar-refractivity contribution in [3.63, 3.8) is 0 Å². The summed E-state index contributed by atoms with van der Waals surface area (Å²) in [6.45, 7) is 6.37. The van der Waals surface area contributed by atoms with Crippen LogP contribution in [0.2, 0.25) is 5.02 Å². The number of ether oxygens (including phenoxy) is 1. The summed E-state index contributed by atoms with van der Waals surface area (Å²) in [7, 11) is 1.57. The van der Waals surface area contributed by atoms with Crippen molar-refractivity contribution in [3.05, 3.63) is 21.6 Å². The molecule has 2 heterocycles. The van der Waals surface area contributed by atoms with Gasteiger partial charge < -0.3 is 10.1 Å². The summed E-state index contributed by atoms with van der Waals surface area (Å²) in [4.78, 5) is 14.0. The number of nitrogens with one attached hydrogen (secondary N) is 1. The molecule has 0 aliphatic carbocycles. The molecule has 1 aromatic rings. The first-order valence-corrected chi connectivity index (χ1v) is 6.79. The number of aryl methyl sites for hydroxylation is 1. The smallest absolute Gasteiger partial charge is 0.287 e. The quantitative estimate of drug-likeness (QED) is 0.877. The number of halogens is 1. The van der Waals surface area contributed by atoms with Crippen LogP contribution in [0.3, 0.4) is 0 Å². The highest BCUT2D eigenvalue weighted by Crippen LogP contribution is 2.15. The second kappa shape index (κ2) is 6.36. The van der Waals surface area contributed by atoms with E-state index < -0.39 is 0 Å². The summed E-state index contributed by atoms with van der Waals surface area (Å²) in [6, 6.07) is 0. The van der Waals surface area contributed by atoms with Crippen LogP contribution in [0.4, 0.5) is 5.69 Å². The van der Waals surface area contributed by atoms with E-state index >= 15 is 0 Å². The van der Waals surface area contributed by atoms with Crippen LogP contribution in [0.25, 0.3) is 0 Å². The first-order valence-electron chi connectivity index (χ1n) is 6.41. The zero-order valence-electron chi connectivity index (χ0n) is 11.2. The topological polar surface area (TPSA) is 59.4 Å². The number of rotatable bonds is 4. The van der Waals surface area contributed by atoms with Gasteiger partial charge in [0.2, 0.25) is 0 Å².